The van der Waals surface area contributed by atoms with Crippen molar-refractivity contribution >= 4 is 40.8 Å². The van der Waals surface area contributed by atoms with Crippen LogP contribution in [-0.4, -0.2) is 42.0 Å². The highest BCUT2D eigenvalue weighted by molar-refractivity contribution is 6.35. The van der Waals surface area contributed by atoms with Crippen LogP contribution in [0.2, 0.25) is 10.0 Å². The van der Waals surface area contributed by atoms with E-state index in [9.17, 15) is 9.59 Å². The van der Waals surface area contributed by atoms with Crippen LogP contribution in [0.5, 0.6) is 0 Å². The molecule has 0 bridgehead atoms. The average Bonchev–Trinajstić information content (AvgIpc) is 2.40. The molecule has 0 aliphatic rings. The molecule has 0 fully saturated rings. The number of carboxylic acids is 1. The van der Waals surface area contributed by atoms with Crippen molar-refractivity contribution in [1.82, 2.24) is 4.90 Å². The smallest absolute Gasteiger partial charge is 0.303 e. The van der Waals surface area contributed by atoms with Crippen LogP contribution < -0.4 is 5.32 Å². The summed E-state index contributed by atoms with van der Waals surface area (Å²) >= 11 is 11.8. The van der Waals surface area contributed by atoms with Gasteiger partial charge in [-0.25, -0.2) is 0 Å². The van der Waals surface area contributed by atoms with Crippen LogP contribution in [0.1, 0.15) is 19.3 Å². The molecule has 0 spiro atoms. The molecular formula is C14H18Cl2N2O3. The molecule has 21 heavy (non-hydrogen) atoms. The van der Waals surface area contributed by atoms with E-state index in [0.717, 1.165) is 0 Å². The fourth-order valence-electron chi connectivity index (χ4n) is 1.71. The van der Waals surface area contributed by atoms with Crippen LogP contribution in [0.25, 0.3) is 0 Å². The SMILES string of the molecule is CN(CCCC(=O)O)CCC(=O)Nc1cc(Cl)ccc1Cl. The van der Waals surface area contributed by atoms with Crippen molar-refractivity contribution in [3.05, 3.63) is 28.2 Å². The molecule has 0 saturated heterocycles. The second-order valence-electron chi connectivity index (χ2n) is 4.72. The number of nitrogens with one attached hydrogen (secondary N) is 1. The number of aliphatic carboxylic acids is 1. The van der Waals surface area contributed by atoms with Gasteiger partial charge in [-0.1, -0.05) is 23.2 Å². The molecule has 1 amide bonds. The van der Waals surface area contributed by atoms with Gasteiger partial charge in [-0.15, -0.1) is 0 Å². The number of halogens is 2. The molecule has 1 rings (SSSR count). The van der Waals surface area contributed by atoms with E-state index in [1.54, 1.807) is 18.2 Å². The first kappa shape index (κ1) is 17.8. The lowest BCUT2D eigenvalue weighted by molar-refractivity contribution is -0.137. The van der Waals surface area contributed by atoms with E-state index in [0.29, 0.717) is 41.7 Å². The topological polar surface area (TPSA) is 69.6 Å². The van der Waals surface area contributed by atoms with Crippen LogP contribution in [0, 0.1) is 0 Å². The van der Waals surface area contributed by atoms with E-state index in [4.69, 9.17) is 28.3 Å². The zero-order chi connectivity index (χ0) is 15.8. The molecule has 0 aromatic heterocycles. The number of anilines is 1. The van der Waals surface area contributed by atoms with Crippen LogP contribution in [0.4, 0.5) is 5.69 Å². The highest BCUT2D eigenvalue weighted by Crippen LogP contribution is 2.25. The van der Waals surface area contributed by atoms with E-state index in [-0.39, 0.29) is 12.3 Å². The molecule has 0 unspecified atom stereocenters. The third-order valence-corrected chi connectivity index (χ3v) is 3.42. The van der Waals surface area contributed by atoms with Gasteiger partial charge in [-0.05, 0) is 38.2 Å². The fourth-order valence-corrected chi connectivity index (χ4v) is 2.05. The highest BCUT2D eigenvalue weighted by Gasteiger charge is 2.08. The van der Waals surface area contributed by atoms with E-state index < -0.39 is 5.97 Å². The quantitative estimate of drug-likeness (QED) is 0.767. The molecular weight excluding hydrogens is 315 g/mol. The van der Waals surface area contributed by atoms with Gasteiger partial charge in [0.2, 0.25) is 5.91 Å². The number of carbonyl (C=O) groups is 2. The van der Waals surface area contributed by atoms with Crippen molar-refractivity contribution in [2.75, 3.05) is 25.5 Å². The molecule has 0 atom stereocenters. The van der Waals surface area contributed by atoms with Crippen LogP contribution in [-0.2, 0) is 9.59 Å². The Morgan fingerprint density at radius 2 is 1.95 bits per heavy atom. The Bertz CT molecular complexity index is 509. The minimum Gasteiger partial charge on any atom is -0.481 e. The molecule has 0 radical (unpaired) electrons. The summed E-state index contributed by atoms with van der Waals surface area (Å²) < 4.78 is 0. The third-order valence-electron chi connectivity index (χ3n) is 2.85. The molecule has 0 saturated carbocycles. The summed E-state index contributed by atoms with van der Waals surface area (Å²) in [6.07, 6.45) is 0.995. The normalized spacial score (nSPS) is 10.7. The maximum Gasteiger partial charge on any atom is 0.303 e. The first-order valence-electron chi connectivity index (χ1n) is 6.53. The first-order chi connectivity index (χ1) is 9.88. The van der Waals surface area contributed by atoms with Crippen molar-refractivity contribution in [2.45, 2.75) is 19.3 Å². The summed E-state index contributed by atoms with van der Waals surface area (Å²) in [6, 6.07) is 4.87. The molecule has 1 aromatic rings. The monoisotopic (exact) mass is 332 g/mol. The lowest BCUT2D eigenvalue weighted by Gasteiger charge is -2.15. The van der Waals surface area contributed by atoms with Gasteiger partial charge < -0.3 is 15.3 Å². The number of carboxylic acid groups (broad SMARTS) is 1. The van der Waals surface area contributed by atoms with Gasteiger partial charge in [-0.2, -0.15) is 0 Å². The maximum absolute atomic E-state index is 11.8. The summed E-state index contributed by atoms with van der Waals surface area (Å²) in [5, 5.41) is 12.2. The largest absolute Gasteiger partial charge is 0.481 e. The lowest BCUT2D eigenvalue weighted by atomic mass is 10.2. The van der Waals surface area contributed by atoms with Crippen molar-refractivity contribution in [3.8, 4) is 0 Å². The van der Waals surface area contributed by atoms with E-state index >= 15 is 0 Å². The van der Waals surface area contributed by atoms with E-state index in [2.05, 4.69) is 5.32 Å². The Kier molecular flexibility index (Phi) is 7.50. The van der Waals surface area contributed by atoms with E-state index in [1.807, 2.05) is 11.9 Å². The molecule has 116 valence electrons. The number of amides is 1. The van der Waals surface area contributed by atoms with Gasteiger partial charge >= 0.3 is 5.97 Å². The van der Waals surface area contributed by atoms with Crippen LogP contribution in [0.3, 0.4) is 0 Å². The molecule has 0 heterocycles. The van der Waals surface area contributed by atoms with Crippen molar-refractivity contribution in [1.29, 1.82) is 0 Å². The van der Waals surface area contributed by atoms with Gasteiger partial charge in [0, 0.05) is 24.4 Å². The van der Waals surface area contributed by atoms with Crippen molar-refractivity contribution < 1.29 is 14.7 Å². The number of hydrogen-bond donors (Lipinski definition) is 2. The maximum atomic E-state index is 11.8. The first-order valence-corrected chi connectivity index (χ1v) is 7.29. The zero-order valence-corrected chi connectivity index (χ0v) is 13.2. The standard InChI is InChI=1S/C14H18Cl2N2O3/c1-18(7-2-3-14(20)21)8-6-13(19)17-12-9-10(15)4-5-11(12)16/h4-5,9H,2-3,6-8H2,1H3,(H,17,19)(H,20,21). The molecule has 1 aromatic carbocycles. The second-order valence-corrected chi connectivity index (χ2v) is 5.57. The van der Waals surface area contributed by atoms with Gasteiger partial charge in [-0.3, -0.25) is 9.59 Å². The van der Waals surface area contributed by atoms with Crippen LogP contribution in [0.15, 0.2) is 18.2 Å². The summed E-state index contributed by atoms with van der Waals surface area (Å²) in [7, 11) is 1.85. The summed E-state index contributed by atoms with van der Waals surface area (Å²) in [6.45, 7) is 1.18. The molecule has 7 heteroatoms. The number of rotatable bonds is 8. The van der Waals surface area contributed by atoms with Crippen molar-refractivity contribution in [3.63, 3.8) is 0 Å². The van der Waals surface area contributed by atoms with Gasteiger partial charge in [0.05, 0.1) is 10.7 Å². The van der Waals surface area contributed by atoms with Gasteiger partial charge in [0.15, 0.2) is 0 Å². The fraction of sp³-hybridized carbons (Fsp3) is 0.429. The highest BCUT2D eigenvalue weighted by atomic mass is 35.5. The number of nitrogens with zero attached hydrogens (tertiary/aromatic N) is 1. The minimum absolute atomic E-state index is 0.134. The Morgan fingerprint density at radius 1 is 1.24 bits per heavy atom. The summed E-state index contributed by atoms with van der Waals surface area (Å²) in [4.78, 5) is 24.2. The predicted octanol–water partition coefficient (Wildman–Crippen LogP) is 3.12. The second kappa shape index (κ2) is 8.87. The van der Waals surface area contributed by atoms with Gasteiger partial charge in [0.1, 0.15) is 0 Å². The average molecular weight is 333 g/mol. The van der Waals surface area contributed by atoms with E-state index in [1.165, 1.54) is 0 Å². The summed E-state index contributed by atoms with van der Waals surface area (Å²) in [5.41, 5.74) is 0.489. The predicted molar refractivity (Wildman–Crippen MR) is 84.1 cm³/mol. The Hall–Kier alpha value is -1.30. The minimum atomic E-state index is -0.809. The van der Waals surface area contributed by atoms with Gasteiger partial charge in [0.25, 0.3) is 0 Å². The summed E-state index contributed by atoms with van der Waals surface area (Å²) in [5.74, 6) is -0.971. The number of benzene rings is 1. The zero-order valence-electron chi connectivity index (χ0n) is 11.7. The molecule has 5 nitrogen and oxygen atoms in total. The third kappa shape index (κ3) is 7.32. The Labute approximate surface area is 133 Å². The number of carbonyl (C=O) groups excluding carboxylic acids is 1. The Morgan fingerprint density at radius 3 is 2.62 bits per heavy atom. The molecule has 2 N–H and O–H groups in total. The Balaban J connectivity index is 2.33. The van der Waals surface area contributed by atoms with Crippen molar-refractivity contribution in [2.24, 2.45) is 0 Å². The molecule has 0 aliphatic carbocycles. The van der Waals surface area contributed by atoms with Crippen LogP contribution >= 0.6 is 23.2 Å². The number of hydrogen-bond acceptors (Lipinski definition) is 3. The lowest BCUT2D eigenvalue weighted by Crippen LogP contribution is -2.25. The molecule has 0 aliphatic heterocycles.